The minimum absolute atomic E-state index is 0.0619. The van der Waals surface area contributed by atoms with Crippen LogP contribution in [0.25, 0.3) is 10.9 Å². The molecule has 0 unspecified atom stereocenters. The van der Waals surface area contributed by atoms with Gasteiger partial charge in [0, 0.05) is 35.6 Å². The topological polar surface area (TPSA) is 34.5 Å². The van der Waals surface area contributed by atoms with Crippen LogP contribution in [0.3, 0.4) is 0 Å². The summed E-state index contributed by atoms with van der Waals surface area (Å²) in [4.78, 5) is 14.8. The molecule has 0 aliphatic heterocycles. The Kier molecular flexibility index (Phi) is 4.73. The van der Waals surface area contributed by atoms with Crippen LogP contribution in [0.1, 0.15) is 29.0 Å². The molecule has 0 radical (unpaired) electrons. The van der Waals surface area contributed by atoms with Crippen molar-refractivity contribution in [2.24, 2.45) is 7.05 Å². The lowest BCUT2D eigenvalue weighted by Gasteiger charge is -2.26. The van der Waals surface area contributed by atoms with Gasteiger partial charge in [-0.15, -0.1) is 0 Å². The number of halogens is 1. The van der Waals surface area contributed by atoms with Gasteiger partial charge in [0.25, 0.3) is 5.91 Å². The number of methoxy groups -OCH3 is 1. The summed E-state index contributed by atoms with van der Waals surface area (Å²) in [6, 6.07) is 15.2. The zero-order chi connectivity index (χ0) is 18.1. The summed E-state index contributed by atoms with van der Waals surface area (Å²) in [5.74, 6) is 0.711. The highest BCUT2D eigenvalue weighted by Crippen LogP contribution is 2.31. The summed E-state index contributed by atoms with van der Waals surface area (Å²) in [5.41, 5.74) is 2.51. The Labute approximate surface area is 152 Å². The number of carbonyl (C=O) groups is 1. The molecule has 0 saturated heterocycles. The Morgan fingerprint density at radius 1 is 1.20 bits per heavy atom. The molecule has 1 atom stereocenters. The molecule has 2 aromatic carbocycles. The number of hydrogen-bond donors (Lipinski definition) is 0. The quantitative estimate of drug-likeness (QED) is 0.680. The third kappa shape index (κ3) is 2.98. The second-order valence-electron chi connectivity index (χ2n) is 6.10. The average molecular weight is 357 g/mol. The molecule has 0 saturated carbocycles. The number of rotatable bonds is 4. The first-order chi connectivity index (χ1) is 12.0. The molecular weight excluding hydrogens is 336 g/mol. The molecule has 25 heavy (non-hydrogen) atoms. The molecule has 0 aliphatic carbocycles. The van der Waals surface area contributed by atoms with Gasteiger partial charge in [0.15, 0.2) is 0 Å². The molecule has 1 amide bonds. The Hall–Kier alpha value is -2.46. The molecule has 3 rings (SSSR count). The van der Waals surface area contributed by atoms with Gasteiger partial charge in [0.05, 0.1) is 13.2 Å². The van der Waals surface area contributed by atoms with Gasteiger partial charge in [-0.3, -0.25) is 4.79 Å². The van der Waals surface area contributed by atoms with Crippen molar-refractivity contribution in [1.82, 2.24) is 9.47 Å². The Balaban J connectivity index is 1.98. The lowest BCUT2D eigenvalue weighted by atomic mass is 10.1. The molecule has 5 heteroatoms. The van der Waals surface area contributed by atoms with E-state index in [9.17, 15) is 4.79 Å². The van der Waals surface area contributed by atoms with Gasteiger partial charge in [-0.2, -0.15) is 0 Å². The van der Waals surface area contributed by atoms with Crippen LogP contribution in [0.5, 0.6) is 5.75 Å². The van der Waals surface area contributed by atoms with E-state index in [1.807, 2.05) is 67.1 Å². The molecule has 1 heterocycles. The maximum absolute atomic E-state index is 13.1. The minimum atomic E-state index is -0.128. The Bertz CT molecular complexity index is 933. The van der Waals surface area contributed by atoms with Crippen molar-refractivity contribution in [2.75, 3.05) is 14.2 Å². The van der Waals surface area contributed by atoms with E-state index in [0.717, 1.165) is 22.2 Å². The number of carbonyl (C=O) groups excluding carboxylic acids is 1. The SMILES string of the molecule is COc1ccccc1[C@H](C)N(C)C(=O)c1cc2c(Cl)cccc2n1C. The average Bonchev–Trinajstić information content (AvgIpc) is 2.98. The maximum atomic E-state index is 13.1. The molecule has 4 nitrogen and oxygen atoms in total. The second kappa shape index (κ2) is 6.81. The number of ether oxygens (including phenoxy) is 1. The largest absolute Gasteiger partial charge is 0.496 e. The highest BCUT2D eigenvalue weighted by atomic mass is 35.5. The number of nitrogens with zero attached hydrogens (tertiary/aromatic N) is 2. The predicted molar refractivity (Wildman–Crippen MR) is 101 cm³/mol. The van der Waals surface area contributed by atoms with Crippen molar-refractivity contribution in [3.63, 3.8) is 0 Å². The number of hydrogen-bond acceptors (Lipinski definition) is 2. The third-order valence-electron chi connectivity index (χ3n) is 4.74. The van der Waals surface area contributed by atoms with Gasteiger partial charge >= 0.3 is 0 Å². The van der Waals surface area contributed by atoms with E-state index in [-0.39, 0.29) is 11.9 Å². The zero-order valence-electron chi connectivity index (χ0n) is 14.8. The molecule has 3 aromatic rings. The third-order valence-corrected chi connectivity index (χ3v) is 5.07. The maximum Gasteiger partial charge on any atom is 0.270 e. The van der Waals surface area contributed by atoms with Crippen LogP contribution in [0, 0.1) is 0 Å². The second-order valence-corrected chi connectivity index (χ2v) is 6.50. The van der Waals surface area contributed by atoms with Gasteiger partial charge < -0.3 is 14.2 Å². The predicted octanol–water partition coefficient (Wildman–Crippen LogP) is 4.67. The van der Waals surface area contributed by atoms with Crippen molar-refractivity contribution in [3.8, 4) is 5.75 Å². The summed E-state index contributed by atoms with van der Waals surface area (Å²) in [5, 5.41) is 1.53. The lowest BCUT2D eigenvalue weighted by Crippen LogP contribution is -2.31. The van der Waals surface area contributed by atoms with Crippen molar-refractivity contribution < 1.29 is 9.53 Å². The van der Waals surface area contributed by atoms with Crippen LogP contribution in [-0.2, 0) is 7.05 Å². The molecule has 0 bridgehead atoms. The first kappa shape index (κ1) is 17.4. The van der Waals surface area contributed by atoms with E-state index in [4.69, 9.17) is 16.3 Å². The number of aromatic nitrogens is 1. The van der Waals surface area contributed by atoms with Gasteiger partial charge in [0.2, 0.25) is 0 Å². The van der Waals surface area contributed by atoms with E-state index in [1.54, 1.807) is 19.1 Å². The fourth-order valence-electron chi connectivity index (χ4n) is 3.11. The monoisotopic (exact) mass is 356 g/mol. The zero-order valence-corrected chi connectivity index (χ0v) is 15.5. The lowest BCUT2D eigenvalue weighted by molar-refractivity contribution is 0.0732. The highest BCUT2D eigenvalue weighted by Gasteiger charge is 2.24. The highest BCUT2D eigenvalue weighted by molar-refractivity contribution is 6.35. The van der Waals surface area contributed by atoms with Crippen LogP contribution < -0.4 is 4.74 Å². The van der Waals surface area contributed by atoms with Crippen molar-refractivity contribution in [1.29, 1.82) is 0 Å². The van der Waals surface area contributed by atoms with Crippen LogP contribution in [0.2, 0.25) is 5.02 Å². The van der Waals surface area contributed by atoms with Gasteiger partial charge in [-0.05, 0) is 31.2 Å². The van der Waals surface area contributed by atoms with Gasteiger partial charge in [-0.1, -0.05) is 35.9 Å². The molecular formula is C20H21ClN2O2. The first-order valence-electron chi connectivity index (χ1n) is 8.09. The number of amides is 1. The summed E-state index contributed by atoms with van der Waals surface area (Å²) in [6.45, 7) is 1.99. The van der Waals surface area contributed by atoms with Crippen LogP contribution in [0.15, 0.2) is 48.5 Å². The van der Waals surface area contributed by atoms with Crippen LogP contribution >= 0.6 is 11.6 Å². The minimum Gasteiger partial charge on any atom is -0.496 e. The number of para-hydroxylation sites is 1. The fourth-order valence-corrected chi connectivity index (χ4v) is 3.33. The van der Waals surface area contributed by atoms with Crippen LogP contribution in [-0.4, -0.2) is 29.5 Å². The molecule has 0 spiro atoms. The Morgan fingerprint density at radius 3 is 2.60 bits per heavy atom. The van der Waals surface area contributed by atoms with E-state index < -0.39 is 0 Å². The van der Waals surface area contributed by atoms with E-state index in [1.165, 1.54) is 0 Å². The molecule has 0 N–H and O–H groups in total. The van der Waals surface area contributed by atoms with E-state index >= 15 is 0 Å². The number of aryl methyl sites for hydroxylation is 1. The number of benzene rings is 2. The number of fused-ring (bicyclic) bond motifs is 1. The van der Waals surface area contributed by atoms with Crippen molar-refractivity contribution >= 4 is 28.4 Å². The van der Waals surface area contributed by atoms with E-state index in [2.05, 4.69) is 0 Å². The van der Waals surface area contributed by atoms with Crippen molar-refractivity contribution in [2.45, 2.75) is 13.0 Å². The smallest absolute Gasteiger partial charge is 0.270 e. The Morgan fingerprint density at radius 2 is 1.92 bits per heavy atom. The summed E-state index contributed by atoms with van der Waals surface area (Å²) in [6.07, 6.45) is 0. The van der Waals surface area contributed by atoms with Gasteiger partial charge in [-0.25, -0.2) is 0 Å². The first-order valence-corrected chi connectivity index (χ1v) is 8.47. The molecule has 0 fully saturated rings. The normalized spacial score (nSPS) is 12.2. The summed E-state index contributed by atoms with van der Waals surface area (Å²) >= 11 is 6.27. The summed E-state index contributed by atoms with van der Waals surface area (Å²) in [7, 11) is 5.32. The fraction of sp³-hybridized carbons (Fsp3) is 0.250. The molecule has 1 aromatic heterocycles. The van der Waals surface area contributed by atoms with Crippen molar-refractivity contribution in [3.05, 3.63) is 64.8 Å². The van der Waals surface area contributed by atoms with Gasteiger partial charge in [0.1, 0.15) is 11.4 Å². The van der Waals surface area contributed by atoms with Crippen LogP contribution in [0.4, 0.5) is 0 Å². The summed E-state index contributed by atoms with van der Waals surface area (Å²) < 4.78 is 7.31. The molecule has 0 aliphatic rings. The standard InChI is InChI=1S/C20H21ClN2O2/c1-13(14-8-5-6-11-19(14)25-4)22(2)20(24)18-12-15-16(21)9-7-10-17(15)23(18)3/h5-13H,1-4H3/t13-/m0/s1. The molecule has 130 valence electrons. The van der Waals surface area contributed by atoms with E-state index in [0.29, 0.717) is 10.7 Å².